The lowest BCUT2D eigenvalue weighted by Gasteiger charge is -1.89. The average Bonchev–Trinajstić information content (AvgIpc) is 2.52. The quantitative estimate of drug-likeness (QED) is 0.698. The molecule has 0 radical (unpaired) electrons. The van der Waals surface area contributed by atoms with E-state index in [1.165, 1.54) is 10.8 Å². The third-order valence-corrected chi connectivity index (χ3v) is 2.07. The van der Waals surface area contributed by atoms with Gasteiger partial charge in [0, 0.05) is 5.22 Å². The molecule has 0 aliphatic heterocycles. The Bertz CT molecular complexity index is 346. The first kappa shape index (κ1) is 9.04. The third-order valence-electron chi connectivity index (χ3n) is 2.07. The zero-order chi connectivity index (χ0) is 8.97. The molecular weight excluding hydrogens is 148 g/mol. The largest absolute Gasteiger partial charge is 0.278 e. The molecule has 0 amide bonds. The smallest absolute Gasteiger partial charge is 0.0609 e. The monoisotopic (exact) mass is 164 g/mol. The molecule has 1 heterocycles. The van der Waals surface area contributed by atoms with E-state index in [1.54, 1.807) is 0 Å². The molecule has 0 saturated carbocycles. The molecule has 0 atom stereocenters. The standard InChI is InChI=1S/C10H16N2/c1-4-6-10-9(7-11-12-10)8(3)5-2/h6-7,12H,4-5H2,1-3H3/b9-8-,10-6+. The normalized spacial score (nSPS) is 15.1. The highest BCUT2D eigenvalue weighted by atomic mass is 15.1. The first-order valence-electron chi connectivity index (χ1n) is 4.49. The van der Waals surface area contributed by atoms with Gasteiger partial charge >= 0.3 is 0 Å². The minimum atomic E-state index is 1.05. The van der Waals surface area contributed by atoms with Gasteiger partial charge in [0.1, 0.15) is 0 Å². The van der Waals surface area contributed by atoms with Crippen molar-refractivity contribution in [3.8, 4) is 0 Å². The summed E-state index contributed by atoms with van der Waals surface area (Å²) in [6.07, 6.45) is 6.21. The minimum absolute atomic E-state index is 1.05. The van der Waals surface area contributed by atoms with Crippen LogP contribution in [0.25, 0.3) is 11.6 Å². The highest BCUT2D eigenvalue weighted by Gasteiger charge is 1.90. The molecule has 66 valence electrons. The van der Waals surface area contributed by atoms with Gasteiger partial charge in [0.25, 0.3) is 0 Å². The van der Waals surface area contributed by atoms with Crippen LogP contribution in [0.2, 0.25) is 0 Å². The van der Waals surface area contributed by atoms with E-state index in [0.717, 1.165) is 18.2 Å². The molecule has 0 aliphatic carbocycles. The molecule has 2 nitrogen and oxygen atoms in total. The number of nitrogens with zero attached hydrogens (tertiary/aromatic N) is 1. The Morgan fingerprint density at radius 1 is 1.58 bits per heavy atom. The van der Waals surface area contributed by atoms with Crippen LogP contribution in [-0.4, -0.2) is 10.2 Å². The number of rotatable bonds is 2. The Morgan fingerprint density at radius 2 is 2.33 bits per heavy atom. The van der Waals surface area contributed by atoms with Gasteiger partial charge in [-0.3, -0.25) is 5.10 Å². The summed E-state index contributed by atoms with van der Waals surface area (Å²) >= 11 is 0. The van der Waals surface area contributed by atoms with Crippen LogP contribution in [-0.2, 0) is 0 Å². The van der Waals surface area contributed by atoms with E-state index < -0.39 is 0 Å². The molecule has 0 aliphatic rings. The van der Waals surface area contributed by atoms with Crippen molar-refractivity contribution in [2.45, 2.75) is 33.6 Å². The molecule has 0 saturated heterocycles. The summed E-state index contributed by atoms with van der Waals surface area (Å²) in [7, 11) is 0. The lowest BCUT2D eigenvalue weighted by atomic mass is 10.2. The highest BCUT2D eigenvalue weighted by molar-refractivity contribution is 5.41. The minimum Gasteiger partial charge on any atom is -0.278 e. The van der Waals surface area contributed by atoms with Crippen LogP contribution in [0.3, 0.4) is 0 Å². The van der Waals surface area contributed by atoms with Crippen LogP contribution in [0, 0.1) is 0 Å². The van der Waals surface area contributed by atoms with Crippen LogP contribution in [0.1, 0.15) is 33.6 Å². The Morgan fingerprint density at radius 3 is 2.92 bits per heavy atom. The van der Waals surface area contributed by atoms with Gasteiger partial charge in [-0.15, -0.1) is 0 Å². The first-order valence-corrected chi connectivity index (χ1v) is 4.49. The van der Waals surface area contributed by atoms with Crippen LogP contribution in [0.4, 0.5) is 0 Å². The van der Waals surface area contributed by atoms with E-state index in [9.17, 15) is 0 Å². The van der Waals surface area contributed by atoms with Gasteiger partial charge in [-0.2, -0.15) is 5.10 Å². The summed E-state index contributed by atoms with van der Waals surface area (Å²) in [6.45, 7) is 6.45. The fourth-order valence-electron chi connectivity index (χ4n) is 1.19. The second-order valence-electron chi connectivity index (χ2n) is 2.94. The molecule has 0 fully saturated rings. The zero-order valence-corrected chi connectivity index (χ0v) is 8.02. The van der Waals surface area contributed by atoms with Crippen molar-refractivity contribution >= 4 is 11.6 Å². The van der Waals surface area contributed by atoms with Crippen molar-refractivity contribution in [3.05, 3.63) is 16.8 Å². The number of hydrogen-bond acceptors (Lipinski definition) is 1. The van der Waals surface area contributed by atoms with E-state index >= 15 is 0 Å². The van der Waals surface area contributed by atoms with Crippen molar-refractivity contribution in [1.29, 1.82) is 0 Å². The number of H-pyrrole nitrogens is 1. The van der Waals surface area contributed by atoms with Crippen molar-refractivity contribution in [2.24, 2.45) is 0 Å². The second kappa shape index (κ2) is 4.10. The van der Waals surface area contributed by atoms with Crippen molar-refractivity contribution < 1.29 is 0 Å². The molecule has 0 bridgehead atoms. The summed E-state index contributed by atoms with van der Waals surface area (Å²) < 4.78 is 0. The molecule has 0 unspecified atom stereocenters. The average molecular weight is 164 g/mol. The Balaban J connectivity index is 3.34. The first-order chi connectivity index (χ1) is 5.79. The molecule has 2 heteroatoms. The van der Waals surface area contributed by atoms with Crippen molar-refractivity contribution in [3.63, 3.8) is 0 Å². The van der Waals surface area contributed by atoms with Gasteiger partial charge in [0.2, 0.25) is 0 Å². The molecule has 12 heavy (non-hydrogen) atoms. The summed E-state index contributed by atoms with van der Waals surface area (Å²) in [5.74, 6) is 0. The van der Waals surface area contributed by atoms with E-state index in [-0.39, 0.29) is 0 Å². The zero-order valence-electron chi connectivity index (χ0n) is 8.02. The number of nitrogens with one attached hydrogen (secondary N) is 1. The number of aromatic nitrogens is 2. The fraction of sp³-hybridized carbons (Fsp3) is 0.500. The molecular formula is C10H16N2. The van der Waals surface area contributed by atoms with Crippen LogP contribution in [0.5, 0.6) is 0 Å². The van der Waals surface area contributed by atoms with Gasteiger partial charge in [-0.25, -0.2) is 0 Å². The van der Waals surface area contributed by atoms with Gasteiger partial charge in [0.05, 0.1) is 11.5 Å². The second-order valence-corrected chi connectivity index (χ2v) is 2.94. The Kier molecular flexibility index (Phi) is 3.09. The molecule has 1 N–H and O–H groups in total. The molecule has 1 rings (SSSR count). The third kappa shape index (κ3) is 1.76. The van der Waals surface area contributed by atoms with Crippen LogP contribution < -0.4 is 10.6 Å². The fourth-order valence-corrected chi connectivity index (χ4v) is 1.19. The maximum Gasteiger partial charge on any atom is 0.0609 e. The Labute approximate surface area is 73.0 Å². The Hall–Kier alpha value is -1.05. The lowest BCUT2D eigenvalue weighted by Crippen LogP contribution is -2.23. The topological polar surface area (TPSA) is 28.7 Å². The lowest BCUT2D eigenvalue weighted by molar-refractivity contribution is 1.05. The van der Waals surface area contributed by atoms with E-state index in [2.05, 4.69) is 37.0 Å². The van der Waals surface area contributed by atoms with E-state index in [4.69, 9.17) is 0 Å². The van der Waals surface area contributed by atoms with Gasteiger partial charge in [-0.1, -0.05) is 25.5 Å². The summed E-state index contributed by atoms with van der Waals surface area (Å²) in [5, 5.41) is 9.46. The maximum atomic E-state index is 4.03. The molecule has 1 aromatic heterocycles. The summed E-state index contributed by atoms with van der Waals surface area (Å²) in [4.78, 5) is 0. The summed E-state index contributed by atoms with van der Waals surface area (Å²) in [6, 6.07) is 0. The van der Waals surface area contributed by atoms with Gasteiger partial charge in [-0.05, 0) is 19.8 Å². The molecule has 0 aromatic carbocycles. The van der Waals surface area contributed by atoms with Gasteiger partial charge in [0.15, 0.2) is 0 Å². The van der Waals surface area contributed by atoms with Crippen LogP contribution >= 0.6 is 0 Å². The predicted molar refractivity (Wildman–Crippen MR) is 52.0 cm³/mol. The van der Waals surface area contributed by atoms with E-state index in [0.29, 0.717) is 0 Å². The SMILES string of the molecule is CC/C=c1/[nH]nc/c1=C(\C)CC. The number of hydrogen-bond donors (Lipinski definition) is 1. The van der Waals surface area contributed by atoms with Crippen LogP contribution in [0.15, 0.2) is 6.20 Å². The van der Waals surface area contributed by atoms with Gasteiger partial charge < -0.3 is 0 Å². The van der Waals surface area contributed by atoms with Crippen molar-refractivity contribution in [2.75, 3.05) is 0 Å². The van der Waals surface area contributed by atoms with Crippen molar-refractivity contribution in [1.82, 2.24) is 10.2 Å². The predicted octanol–water partition coefficient (Wildman–Crippen LogP) is 1.18. The molecule has 1 aromatic rings. The maximum absolute atomic E-state index is 4.03. The van der Waals surface area contributed by atoms with E-state index in [1.807, 2.05) is 6.20 Å². The summed E-state index contributed by atoms with van der Waals surface area (Å²) in [5.41, 5.74) is 1.39. The highest BCUT2D eigenvalue weighted by Crippen LogP contribution is 1.93. The molecule has 0 spiro atoms. The number of aromatic amines is 1.